The molecule has 1 aromatic carbocycles. The topological polar surface area (TPSA) is 49.8 Å². The van der Waals surface area contributed by atoms with Crippen LogP contribution in [0.5, 0.6) is 0 Å². The third kappa shape index (κ3) is 6.19. The molecule has 0 atom stereocenters. The molecule has 0 aromatic heterocycles. The van der Waals surface area contributed by atoms with Gasteiger partial charge in [-0.15, -0.1) is 6.58 Å². The van der Waals surface area contributed by atoms with Gasteiger partial charge in [0, 0.05) is 49.7 Å². The molecule has 1 saturated carbocycles. The molecule has 1 radical (unpaired) electrons. The van der Waals surface area contributed by atoms with E-state index in [4.69, 9.17) is 5.26 Å². The second-order valence-electron chi connectivity index (χ2n) is 4.82. The molecule has 6 heteroatoms. The maximum atomic E-state index is 13.5. The van der Waals surface area contributed by atoms with Crippen molar-refractivity contribution in [1.29, 1.82) is 5.26 Å². The van der Waals surface area contributed by atoms with Gasteiger partial charge in [-0.25, -0.2) is 8.78 Å². The van der Waals surface area contributed by atoms with E-state index in [1.165, 1.54) is 12.1 Å². The molecule has 1 aliphatic carbocycles. The Balaban J connectivity index is 0. The van der Waals surface area contributed by atoms with Crippen molar-refractivity contribution < 1.29 is 58.4 Å². The van der Waals surface area contributed by atoms with Crippen molar-refractivity contribution in [3.05, 3.63) is 54.6 Å². The molecule has 0 aliphatic heterocycles. The van der Waals surface area contributed by atoms with Crippen LogP contribution in [0.2, 0.25) is 0 Å². The number of benzene rings is 1. The summed E-state index contributed by atoms with van der Waals surface area (Å²) >= 11 is 0. The van der Waals surface area contributed by atoms with E-state index in [9.17, 15) is 8.78 Å². The van der Waals surface area contributed by atoms with Crippen molar-refractivity contribution in [3.8, 4) is 6.07 Å². The fourth-order valence-corrected chi connectivity index (χ4v) is 2.62. The van der Waals surface area contributed by atoms with Gasteiger partial charge in [-0.3, -0.25) is 7.05 Å². The number of nitriles is 1. The largest absolute Gasteiger partial charge is 0.486 e. The first-order chi connectivity index (χ1) is 9.65. The molecule has 1 aliphatic rings. The molecule has 1 aromatic rings. The Morgan fingerprint density at radius 2 is 1.64 bits per heavy atom. The van der Waals surface area contributed by atoms with Crippen molar-refractivity contribution >= 4 is 0 Å². The van der Waals surface area contributed by atoms with Crippen LogP contribution in [0.1, 0.15) is 42.7 Å². The third-order valence-electron chi connectivity index (χ3n) is 3.75. The molecule has 2 rings (SSSR count). The predicted octanol–water partition coefficient (Wildman–Crippen LogP) is 4.03. The summed E-state index contributed by atoms with van der Waals surface area (Å²) in [4.78, 5) is 0. The van der Waals surface area contributed by atoms with E-state index >= 15 is 0 Å². The van der Waals surface area contributed by atoms with Crippen molar-refractivity contribution in [2.45, 2.75) is 31.6 Å². The fourth-order valence-electron chi connectivity index (χ4n) is 2.62. The minimum Gasteiger partial charge on any atom is -0.486 e. The van der Waals surface area contributed by atoms with Gasteiger partial charge in [-0.1, -0.05) is 6.08 Å². The first-order valence-corrected chi connectivity index (χ1v) is 6.58. The van der Waals surface area contributed by atoms with Crippen LogP contribution in [0.25, 0.3) is 0 Å². The van der Waals surface area contributed by atoms with E-state index in [0.29, 0.717) is 11.5 Å². The maximum absolute atomic E-state index is 13.5. The molecular formula is C16H19F2N2UV-. The molecule has 0 saturated heterocycles. The molecule has 22 heavy (non-hydrogen) atoms. The number of rotatable bonds is 2. The van der Waals surface area contributed by atoms with Gasteiger partial charge in [0.1, 0.15) is 23.3 Å². The molecule has 117 valence electrons. The summed E-state index contributed by atoms with van der Waals surface area (Å²) < 4.78 is 27.1. The Hall–Kier alpha value is -0.0936. The Kier molecular flexibility index (Phi) is 13.6. The van der Waals surface area contributed by atoms with Gasteiger partial charge >= 0.3 is 0 Å². The summed E-state index contributed by atoms with van der Waals surface area (Å²) in [7, 11) is 2.75. The van der Waals surface area contributed by atoms with Gasteiger partial charge < -0.3 is 5.73 Å². The number of nitrogens with zero attached hydrogens (tertiary/aromatic N) is 1. The summed E-state index contributed by atoms with van der Waals surface area (Å²) in [6.07, 6.45) is 5.81. The third-order valence-corrected chi connectivity index (χ3v) is 3.75. The van der Waals surface area contributed by atoms with E-state index < -0.39 is 17.2 Å². The second kappa shape index (κ2) is 12.3. The first kappa shape index (κ1) is 24.2. The van der Waals surface area contributed by atoms with Gasteiger partial charge in [0.05, 0.1) is 0 Å². The Morgan fingerprint density at radius 1 is 1.18 bits per heavy atom. The summed E-state index contributed by atoms with van der Waals surface area (Å²) in [6.45, 7) is 3.78. The molecule has 0 unspecified atom stereocenters. The zero-order valence-electron chi connectivity index (χ0n) is 12.4. The van der Waals surface area contributed by atoms with E-state index in [-0.39, 0.29) is 55.6 Å². The monoisotopic (exact) mass is 566 g/mol. The first-order valence-electron chi connectivity index (χ1n) is 6.58. The average Bonchev–Trinajstić information content (AvgIpc) is 2.49. The summed E-state index contributed by atoms with van der Waals surface area (Å²) in [5, 5.41) is 8.63. The van der Waals surface area contributed by atoms with E-state index in [1.54, 1.807) is 6.07 Å². The minimum absolute atomic E-state index is 0. The molecule has 0 amide bonds. The van der Waals surface area contributed by atoms with E-state index in [0.717, 1.165) is 25.7 Å². The SMILES string of the molecule is C=CC1CCC(c2cc(F)c(C#N)c(F)c2)CC1.[CH2-]N.[U].[V]. The smallest absolute Gasteiger partial charge is 0.144 e. The number of nitrogens with two attached hydrogens (primary N) is 1. The van der Waals surface area contributed by atoms with Gasteiger partial charge in [0.25, 0.3) is 0 Å². The molecule has 2 N–H and O–H groups in total. The predicted molar refractivity (Wildman–Crippen MR) is 75.5 cm³/mol. The molecule has 1 fully saturated rings. The Morgan fingerprint density at radius 3 is 2.00 bits per heavy atom. The number of hydrogen-bond donors (Lipinski definition) is 1. The van der Waals surface area contributed by atoms with Gasteiger partial charge in [-0.05, 0) is 55.2 Å². The van der Waals surface area contributed by atoms with Crippen LogP contribution in [-0.2, 0) is 18.6 Å². The second-order valence-corrected chi connectivity index (χ2v) is 4.82. The van der Waals surface area contributed by atoms with Crippen molar-refractivity contribution in [2.75, 3.05) is 0 Å². The zero-order valence-corrected chi connectivity index (χ0v) is 17.9. The van der Waals surface area contributed by atoms with Crippen LogP contribution < -0.4 is 5.73 Å². The van der Waals surface area contributed by atoms with Crippen LogP contribution in [0.4, 0.5) is 8.78 Å². The minimum atomic E-state index is -0.752. The molecule has 2 nitrogen and oxygen atoms in total. The summed E-state index contributed by atoms with van der Waals surface area (Å²) in [5.41, 5.74) is 4.44. The van der Waals surface area contributed by atoms with Gasteiger partial charge in [0.15, 0.2) is 0 Å². The Bertz CT molecular complexity index is 486. The normalized spacial score (nSPS) is 19.4. The summed E-state index contributed by atoms with van der Waals surface area (Å²) in [6, 6.07) is 4.16. The van der Waals surface area contributed by atoms with E-state index in [2.05, 4.69) is 19.4 Å². The van der Waals surface area contributed by atoms with Gasteiger partial charge in [-0.2, -0.15) is 5.26 Å². The van der Waals surface area contributed by atoms with Crippen LogP contribution in [0.3, 0.4) is 0 Å². The van der Waals surface area contributed by atoms with Crippen molar-refractivity contribution in [2.24, 2.45) is 11.7 Å². The summed E-state index contributed by atoms with van der Waals surface area (Å²) in [5.74, 6) is -0.788. The number of allylic oxidation sites excluding steroid dienone is 1. The zero-order chi connectivity index (χ0) is 15.1. The molecule has 0 heterocycles. The number of hydrogen-bond acceptors (Lipinski definition) is 2. The quantitative estimate of drug-likeness (QED) is 0.435. The molecule has 0 bridgehead atoms. The fraction of sp³-hybridized carbons (Fsp3) is 0.375. The van der Waals surface area contributed by atoms with Crippen LogP contribution in [-0.4, -0.2) is 0 Å². The van der Waals surface area contributed by atoms with Crippen LogP contribution in [0.15, 0.2) is 24.8 Å². The molecule has 0 spiro atoms. The average molecular weight is 566 g/mol. The standard InChI is InChI=1S/C15H15F2N.CH4N.U.V/c1-2-10-3-5-11(6-4-10)12-7-14(16)13(9-18)15(17)8-12;1-2;;/h2,7-8,10-11H,1,3-6H2;1-2H2;;/q;-1;;. The van der Waals surface area contributed by atoms with Crippen molar-refractivity contribution in [3.63, 3.8) is 0 Å². The molecular weight excluding hydrogens is 547 g/mol. The van der Waals surface area contributed by atoms with E-state index in [1.807, 2.05) is 6.08 Å². The van der Waals surface area contributed by atoms with Crippen molar-refractivity contribution in [1.82, 2.24) is 0 Å². The van der Waals surface area contributed by atoms with Gasteiger partial charge in [0.2, 0.25) is 0 Å². The Labute approximate surface area is 166 Å². The number of halogens is 2. The van der Waals surface area contributed by atoms with Crippen LogP contribution in [0, 0.1) is 67.0 Å². The maximum Gasteiger partial charge on any atom is 0.144 e. The van der Waals surface area contributed by atoms with Crippen LogP contribution >= 0.6 is 0 Å².